The van der Waals surface area contributed by atoms with Gasteiger partial charge in [-0.15, -0.1) is 10.2 Å². The van der Waals surface area contributed by atoms with Crippen molar-refractivity contribution in [1.29, 1.82) is 0 Å². The third-order valence-electron chi connectivity index (χ3n) is 3.72. The van der Waals surface area contributed by atoms with E-state index in [9.17, 15) is 0 Å². The number of nitrogens with two attached hydrogens (primary N) is 1. The van der Waals surface area contributed by atoms with Gasteiger partial charge in [0.1, 0.15) is 0 Å². The van der Waals surface area contributed by atoms with Gasteiger partial charge in [0.2, 0.25) is 5.16 Å². The monoisotopic (exact) mass is 368 g/mol. The van der Waals surface area contributed by atoms with Crippen LogP contribution < -0.4 is 15.3 Å². The predicted octanol–water partition coefficient (Wildman–Crippen LogP) is 3.48. The zero-order valence-electron chi connectivity index (χ0n) is 14.6. The first kappa shape index (κ1) is 17.9. The van der Waals surface area contributed by atoms with E-state index < -0.39 is 0 Å². The van der Waals surface area contributed by atoms with Crippen molar-refractivity contribution in [3.05, 3.63) is 60.2 Å². The van der Waals surface area contributed by atoms with Crippen LogP contribution in [0.3, 0.4) is 0 Å². The van der Waals surface area contributed by atoms with Crippen molar-refractivity contribution in [3.63, 3.8) is 0 Å². The fourth-order valence-electron chi connectivity index (χ4n) is 2.42. The molecule has 0 saturated carbocycles. The normalized spacial score (nSPS) is 11.0. The van der Waals surface area contributed by atoms with E-state index in [2.05, 4.69) is 34.5 Å². The number of thioether (sulfide) groups is 1. The molecule has 0 aliphatic heterocycles. The quantitative estimate of drug-likeness (QED) is 0.508. The summed E-state index contributed by atoms with van der Waals surface area (Å²) in [6, 6.07) is 15.7. The Bertz CT molecular complexity index is 894. The maximum atomic E-state index is 6.17. The van der Waals surface area contributed by atoms with E-state index in [1.54, 1.807) is 14.2 Å². The van der Waals surface area contributed by atoms with Crippen LogP contribution in [-0.4, -0.2) is 34.8 Å². The first-order chi connectivity index (χ1) is 12.7. The number of hydrogen-bond acceptors (Lipinski definition) is 6. The van der Waals surface area contributed by atoms with Crippen LogP contribution in [0.2, 0.25) is 0 Å². The molecular formula is C19H20N4O2S. The third-order valence-corrected chi connectivity index (χ3v) is 4.62. The average molecular weight is 368 g/mol. The Labute approximate surface area is 156 Å². The molecule has 0 spiro atoms. The number of nitrogen functional groups attached to an aromatic ring is 1. The van der Waals surface area contributed by atoms with Crippen molar-refractivity contribution in [2.45, 2.75) is 5.16 Å². The summed E-state index contributed by atoms with van der Waals surface area (Å²) < 4.78 is 12.1. The minimum Gasteiger partial charge on any atom is -0.493 e. The Morgan fingerprint density at radius 2 is 1.81 bits per heavy atom. The molecule has 3 aromatic rings. The van der Waals surface area contributed by atoms with Gasteiger partial charge in [-0.05, 0) is 23.8 Å². The van der Waals surface area contributed by atoms with E-state index >= 15 is 0 Å². The average Bonchev–Trinajstić information content (AvgIpc) is 3.06. The van der Waals surface area contributed by atoms with Gasteiger partial charge in [-0.1, -0.05) is 54.2 Å². The molecule has 0 saturated heterocycles. The van der Waals surface area contributed by atoms with Gasteiger partial charge < -0.3 is 15.3 Å². The zero-order chi connectivity index (χ0) is 18.4. The minimum absolute atomic E-state index is 0.570. The molecule has 3 rings (SSSR count). The highest BCUT2D eigenvalue weighted by Crippen LogP contribution is 2.32. The smallest absolute Gasteiger partial charge is 0.210 e. The van der Waals surface area contributed by atoms with Crippen LogP contribution in [0.15, 0.2) is 59.8 Å². The summed E-state index contributed by atoms with van der Waals surface area (Å²) in [5.74, 6) is 8.75. The molecule has 0 aliphatic carbocycles. The van der Waals surface area contributed by atoms with Gasteiger partial charge in [-0.3, -0.25) is 0 Å². The molecule has 1 heterocycles. The standard InChI is InChI=1S/C19H20N4O2S/c1-24-16-11-10-15(13-17(16)25-2)18-21-22-19(23(18)20)26-12-6-9-14-7-4-3-5-8-14/h3-11,13H,12,20H2,1-2H3/b9-6+. The van der Waals surface area contributed by atoms with Gasteiger partial charge in [-0.25, -0.2) is 4.68 Å². The molecule has 0 fully saturated rings. The number of rotatable bonds is 7. The molecule has 26 heavy (non-hydrogen) atoms. The fourth-order valence-corrected chi connectivity index (χ4v) is 3.08. The molecule has 134 valence electrons. The lowest BCUT2D eigenvalue weighted by Gasteiger charge is -2.09. The SMILES string of the molecule is COc1ccc(-c2nnc(SC/C=C/c3ccccc3)n2N)cc1OC. The minimum atomic E-state index is 0.570. The van der Waals surface area contributed by atoms with E-state index in [0.717, 1.165) is 16.9 Å². The lowest BCUT2D eigenvalue weighted by atomic mass is 10.2. The van der Waals surface area contributed by atoms with E-state index in [4.69, 9.17) is 15.3 Å². The van der Waals surface area contributed by atoms with Crippen LogP contribution in [0.4, 0.5) is 0 Å². The van der Waals surface area contributed by atoms with Crippen LogP contribution in [0.5, 0.6) is 11.5 Å². The topological polar surface area (TPSA) is 75.2 Å². The first-order valence-electron chi connectivity index (χ1n) is 8.00. The van der Waals surface area contributed by atoms with E-state index in [1.807, 2.05) is 36.4 Å². The summed E-state index contributed by atoms with van der Waals surface area (Å²) in [4.78, 5) is 0. The summed E-state index contributed by atoms with van der Waals surface area (Å²) in [6.45, 7) is 0. The molecule has 0 aliphatic rings. The molecule has 2 N–H and O–H groups in total. The van der Waals surface area contributed by atoms with Crippen LogP contribution in [-0.2, 0) is 0 Å². The van der Waals surface area contributed by atoms with Crippen molar-refractivity contribution < 1.29 is 9.47 Å². The summed E-state index contributed by atoms with van der Waals surface area (Å²) in [5, 5.41) is 9.03. The van der Waals surface area contributed by atoms with Gasteiger partial charge in [0.05, 0.1) is 14.2 Å². The molecule has 6 nitrogen and oxygen atoms in total. The number of benzene rings is 2. The van der Waals surface area contributed by atoms with Crippen molar-refractivity contribution in [2.75, 3.05) is 25.8 Å². The second kappa shape index (κ2) is 8.44. The first-order valence-corrected chi connectivity index (χ1v) is 8.98. The second-order valence-corrected chi connectivity index (χ2v) is 6.36. The number of methoxy groups -OCH3 is 2. The van der Waals surface area contributed by atoms with Gasteiger partial charge in [-0.2, -0.15) is 0 Å². The Balaban J connectivity index is 1.71. The van der Waals surface area contributed by atoms with Crippen molar-refractivity contribution in [1.82, 2.24) is 14.9 Å². The predicted molar refractivity (Wildman–Crippen MR) is 105 cm³/mol. The van der Waals surface area contributed by atoms with Crippen molar-refractivity contribution in [3.8, 4) is 22.9 Å². The number of hydrogen-bond donors (Lipinski definition) is 1. The van der Waals surface area contributed by atoms with Crippen LogP contribution in [0.25, 0.3) is 17.5 Å². The summed E-state index contributed by atoms with van der Waals surface area (Å²) in [6.07, 6.45) is 4.14. The summed E-state index contributed by atoms with van der Waals surface area (Å²) in [7, 11) is 3.19. The molecule has 0 amide bonds. The molecule has 0 atom stereocenters. The maximum Gasteiger partial charge on any atom is 0.210 e. The Hall–Kier alpha value is -2.93. The molecule has 0 radical (unpaired) electrons. The molecule has 0 unspecified atom stereocenters. The zero-order valence-corrected chi connectivity index (χ0v) is 15.4. The second-order valence-electron chi connectivity index (χ2n) is 5.37. The summed E-state index contributed by atoms with van der Waals surface area (Å²) in [5.41, 5.74) is 1.97. The number of aromatic nitrogens is 3. The molecular weight excluding hydrogens is 348 g/mol. The Kier molecular flexibility index (Phi) is 5.80. The van der Waals surface area contributed by atoms with Gasteiger partial charge >= 0.3 is 0 Å². The summed E-state index contributed by atoms with van der Waals surface area (Å²) >= 11 is 1.52. The van der Waals surface area contributed by atoms with E-state index in [0.29, 0.717) is 22.5 Å². The number of ether oxygens (including phenoxy) is 2. The highest BCUT2D eigenvalue weighted by Gasteiger charge is 2.14. The van der Waals surface area contributed by atoms with Crippen LogP contribution in [0, 0.1) is 0 Å². The van der Waals surface area contributed by atoms with Gasteiger partial charge in [0, 0.05) is 11.3 Å². The fraction of sp³-hybridized carbons (Fsp3) is 0.158. The van der Waals surface area contributed by atoms with E-state index in [-0.39, 0.29) is 0 Å². The molecule has 1 aromatic heterocycles. The largest absolute Gasteiger partial charge is 0.493 e. The lowest BCUT2D eigenvalue weighted by molar-refractivity contribution is 0.355. The maximum absolute atomic E-state index is 6.17. The van der Waals surface area contributed by atoms with Crippen LogP contribution in [0.1, 0.15) is 5.56 Å². The van der Waals surface area contributed by atoms with Crippen molar-refractivity contribution >= 4 is 17.8 Å². The number of nitrogens with zero attached hydrogens (tertiary/aromatic N) is 3. The highest BCUT2D eigenvalue weighted by atomic mass is 32.2. The third kappa shape index (κ3) is 4.00. The van der Waals surface area contributed by atoms with Crippen LogP contribution >= 0.6 is 11.8 Å². The van der Waals surface area contributed by atoms with Gasteiger partial charge in [0.25, 0.3) is 0 Å². The van der Waals surface area contributed by atoms with Crippen molar-refractivity contribution in [2.24, 2.45) is 0 Å². The van der Waals surface area contributed by atoms with Gasteiger partial charge in [0.15, 0.2) is 17.3 Å². The Morgan fingerprint density at radius 1 is 1.04 bits per heavy atom. The molecule has 2 aromatic carbocycles. The Morgan fingerprint density at radius 3 is 2.54 bits per heavy atom. The lowest BCUT2D eigenvalue weighted by Crippen LogP contribution is -2.11. The molecule has 7 heteroatoms. The highest BCUT2D eigenvalue weighted by molar-refractivity contribution is 7.99. The van der Waals surface area contributed by atoms with E-state index in [1.165, 1.54) is 16.4 Å². The molecule has 0 bridgehead atoms.